The number of aromatic nitrogens is 6. The Labute approximate surface area is 221 Å². The van der Waals surface area contributed by atoms with Crippen LogP contribution in [0.4, 0.5) is 4.39 Å². The minimum Gasteiger partial charge on any atom is -0.335 e. The first-order valence-corrected chi connectivity index (χ1v) is 12.7. The van der Waals surface area contributed by atoms with Gasteiger partial charge in [-0.1, -0.05) is 13.5 Å². The quantitative estimate of drug-likeness (QED) is 0.210. The Morgan fingerprint density at radius 2 is 2.11 bits per heavy atom. The van der Waals surface area contributed by atoms with Crippen molar-refractivity contribution in [2.24, 2.45) is 4.99 Å². The van der Waals surface area contributed by atoms with Gasteiger partial charge >= 0.3 is 0 Å². The lowest BCUT2D eigenvalue weighted by Crippen LogP contribution is -2.27. The number of fused-ring (bicyclic) bond motifs is 1. The van der Waals surface area contributed by atoms with Crippen molar-refractivity contribution in [1.29, 1.82) is 0 Å². The highest BCUT2D eigenvalue weighted by Crippen LogP contribution is 2.33. The molecular formula is C27H25FN8OS. The second-order valence-electron chi connectivity index (χ2n) is 8.54. The van der Waals surface area contributed by atoms with Crippen LogP contribution in [0.3, 0.4) is 0 Å². The molecule has 0 saturated carbocycles. The van der Waals surface area contributed by atoms with Crippen LogP contribution in [-0.2, 0) is 6.54 Å². The van der Waals surface area contributed by atoms with E-state index in [4.69, 9.17) is 0 Å². The van der Waals surface area contributed by atoms with Gasteiger partial charge in [-0.2, -0.15) is 5.10 Å². The van der Waals surface area contributed by atoms with Gasteiger partial charge in [-0.15, -0.1) is 11.3 Å². The molecule has 0 atom stereocenters. The molecule has 0 fully saturated rings. The molecule has 9 nitrogen and oxygen atoms in total. The Hall–Kier alpha value is -4.35. The van der Waals surface area contributed by atoms with Crippen molar-refractivity contribution in [3.8, 4) is 22.0 Å². The summed E-state index contributed by atoms with van der Waals surface area (Å²) in [5, 5.41) is 10.8. The van der Waals surface area contributed by atoms with Crippen LogP contribution in [0.25, 0.3) is 45.5 Å². The summed E-state index contributed by atoms with van der Waals surface area (Å²) >= 11 is 1.39. The summed E-state index contributed by atoms with van der Waals surface area (Å²) in [4.78, 5) is 34.1. The fraction of sp³-hybridized carbons (Fsp3) is 0.185. The number of pyridine rings is 2. The first-order chi connectivity index (χ1) is 18.4. The standard InChI is InChI=1S/C27H25FN8OS/c1-5-30-11-16-10-17(13-31-12-16)23(29-4)22(28)21-14(2)35-36-25(21)27-33-24-18(8-9-32-26(24)34-27)20-7-6-19(38-20)15(3)37/h6-10,12-13,30,35H,2,5,11H2,1,3-4H3,(H,32,33,34)/b22-21-,29-23?. The van der Waals surface area contributed by atoms with Gasteiger partial charge in [0.25, 0.3) is 0 Å². The lowest BCUT2D eigenvalue weighted by molar-refractivity contribution is 0.102. The molecule has 0 amide bonds. The third kappa shape index (κ3) is 4.69. The molecule has 5 aromatic rings. The van der Waals surface area contributed by atoms with E-state index in [0.29, 0.717) is 34.0 Å². The van der Waals surface area contributed by atoms with Gasteiger partial charge in [0.15, 0.2) is 23.1 Å². The molecule has 0 aliphatic carbocycles. The van der Waals surface area contributed by atoms with Gasteiger partial charge in [-0.25, -0.2) is 14.4 Å². The summed E-state index contributed by atoms with van der Waals surface area (Å²) in [5.74, 6) is -0.265. The summed E-state index contributed by atoms with van der Waals surface area (Å²) in [5.41, 5.74) is 3.78. The van der Waals surface area contributed by atoms with E-state index in [1.165, 1.54) is 25.3 Å². The van der Waals surface area contributed by atoms with E-state index in [2.05, 4.69) is 47.0 Å². The molecule has 5 rings (SSSR count). The third-order valence-corrected chi connectivity index (χ3v) is 7.19. The number of Topliss-reactive ketones (excluding diaryl/α,β-unsaturated/α-hetero) is 1. The molecule has 0 bridgehead atoms. The SMILES string of the molecule is C=c1[nH]nc(-c2nc3nccc(-c4ccc(C(C)=O)s4)c3[nH]2)/c1=C(\F)C(=NC)c1cncc(CNCC)c1. The molecule has 38 heavy (non-hydrogen) atoms. The molecule has 0 spiro atoms. The number of H-pyrrole nitrogens is 2. The number of nitrogens with zero attached hydrogens (tertiary/aromatic N) is 5. The lowest BCUT2D eigenvalue weighted by atomic mass is 10.1. The number of imidazole rings is 1. The predicted molar refractivity (Wildman–Crippen MR) is 148 cm³/mol. The van der Waals surface area contributed by atoms with Crippen LogP contribution < -0.4 is 15.9 Å². The van der Waals surface area contributed by atoms with Crippen LogP contribution in [0.5, 0.6) is 0 Å². The maximum atomic E-state index is 16.1. The van der Waals surface area contributed by atoms with E-state index in [1.807, 2.05) is 25.1 Å². The van der Waals surface area contributed by atoms with Crippen molar-refractivity contribution in [2.45, 2.75) is 20.4 Å². The number of ketones is 1. The molecule has 5 aromatic heterocycles. The maximum Gasteiger partial charge on any atom is 0.178 e. The average molecular weight is 529 g/mol. The van der Waals surface area contributed by atoms with E-state index < -0.39 is 5.83 Å². The molecule has 0 radical (unpaired) electrons. The molecule has 11 heteroatoms. The monoisotopic (exact) mass is 528 g/mol. The van der Waals surface area contributed by atoms with E-state index in [-0.39, 0.29) is 27.8 Å². The molecule has 0 saturated heterocycles. The highest BCUT2D eigenvalue weighted by molar-refractivity contribution is 7.17. The zero-order chi connectivity index (χ0) is 26.8. The number of hydrogen-bond acceptors (Lipinski definition) is 8. The number of aromatic amines is 2. The Balaban J connectivity index is 1.62. The summed E-state index contributed by atoms with van der Waals surface area (Å²) in [7, 11) is 1.53. The largest absolute Gasteiger partial charge is 0.335 e. The number of halogens is 1. The Bertz CT molecular complexity index is 1800. The van der Waals surface area contributed by atoms with Gasteiger partial charge in [0.2, 0.25) is 0 Å². The third-order valence-electron chi connectivity index (χ3n) is 5.97. The van der Waals surface area contributed by atoms with E-state index in [1.54, 1.807) is 24.7 Å². The van der Waals surface area contributed by atoms with Crippen LogP contribution in [0.15, 0.2) is 47.8 Å². The lowest BCUT2D eigenvalue weighted by Gasteiger charge is -2.07. The maximum absolute atomic E-state index is 16.1. The molecule has 0 aromatic carbocycles. The number of rotatable bonds is 8. The predicted octanol–water partition coefficient (Wildman–Crippen LogP) is 3.39. The van der Waals surface area contributed by atoms with E-state index in [0.717, 1.165) is 22.5 Å². The average Bonchev–Trinajstić information content (AvgIpc) is 3.66. The molecule has 0 unspecified atom stereocenters. The summed E-state index contributed by atoms with van der Waals surface area (Å²) in [6, 6.07) is 7.39. The van der Waals surface area contributed by atoms with Crippen molar-refractivity contribution in [3.63, 3.8) is 0 Å². The normalized spacial score (nSPS) is 12.8. The molecular weight excluding hydrogens is 503 g/mol. The number of carbonyl (C=O) groups excluding carboxylic acids is 1. The van der Waals surface area contributed by atoms with Crippen molar-refractivity contribution in [2.75, 3.05) is 13.6 Å². The molecule has 5 heterocycles. The number of carbonyl (C=O) groups is 1. The van der Waals surface area contributed by atoms with Gasteiger partial charge in [0.1, 0.15) is 11.4 Å². The smallest absolute Gasteiger partial charge is 0.178 e. The van der Waals surface area contributed by atoms with E-state index >= 15 is 4.39 Å². The number of aliphatic imine (C=N–C) groups is 1. The number of nitrogens with one attached hydrogen (secondary N) is 3. The Kier molecular flexibility index (Phi) is 7.03. The summed E-state index contributed by atoms with van der Waals surface area (Å²) < 4.78 is 16.1. The van der Waals surface area contributed by atoms with Crippen molar-refractivity contribution in [3.05, 3.63) is 69.4 Å². The number of thiophene rings is 1. The van der Waals surface area contributed by atoms with Gasteiger partial charge in [0, 0.05) is 48.2 Å². The van der Waals surface area contributed by atoms with Crippen molar-refractivity contribution < 1.29 is 9.18 Å². The van der Waals surface area contributed by atoms with Crippen LogP contribution in [-0.4, -0.2) is 55.2 Å². The van der Waals surface area contributed by atoms with E-state index in [9.17, 15) is 4.79 Å². The van der Waals surface area contributed by atoms with Gasteiger partial charge in [-0.3, -0.25) is 19.9 Å². The first kappa shape index (κ1) is 25.3. The zero-order valence-corrected chi connectivity index (χ0v) is 21.9. The Morgan fingerprint density at radius 1 is 1.26 bits per heavy atom. The molecule has 0 aliphatic rings. The van der Waals surface area contributed by atoms with Gasteiger partial charge in [-0.05, 0) is 43.3 Å². The van der Waals surface area contributed by atoms with Crippen molar-refractivity contribution >= 4 is 46.4 Å². The fourth-order valence-corrected chi connectivity index (χ4v) is 5.07. The van der Waals surface area contributed by atoms with Crippen molar-refractivity contribution in [1.82, 2.24) is 35.5 Å². The minimum absolute atomic E-state index is 0.00255. The summed E-state index contributed by atoms with van der Waals surface area (Å²) in [6.45, 7) is 8.92. The van der Waals surface area contributed by atoms with Gasteiger partial charge in [0.05, 0.1) is 21.0 Å². The highest BCUT2D eigenvalue weighted by Gasteiger charge is 2.20. The second-order valence-corrected chi connectivity index (χ2v) is 9.62. The highest BCUT2D eigenvalue weighted by atomic mass is 32.1. The van der Waals surface area contributed by atoms with Crippen LogP contribution in [0.1, 0.15) is 34.6 Å². The van der Waals surface area contributed by atoms with Crippen LogP contribution >= 0.6 is 11.3 Å². The molecule has 0 aliphatic heterocycles. The topological polar surface area (TPSA) is 125 Å². The minimum atomic E-state index is -0.596. The molecule has 192 valence electrons. The zero-order valence-electron chi connectivity index (χ0n) is 21.1. The first-order valence-electron chi connectivity index (χ1n) is 11.9. The van der Waals surface area contributed by atoms with Gasteiger partial charge < -0.3 is 10.3 Å². The second kappa shape index (κ2) is 10.6. The van der Waals surface area contributed by atoms with Crippen LogP contribution in [0, 0.1) is 0 Å². The Morgan fingerprint density at radius 3 is 2.84 bits per heavy atom. The number of hydrogen-bond donors (Lipinski definition) is 3. The van der Waals surface area contributed by atoms with Crippen LogP contribution in [0.2, 0.25) is 0 Å². The summed E-state index contributed by atoms with van der Waals surface area (Å²) in [6.07, 6.45) is 4.96. The molecule has 3 N–H and O–H groups in total. The fourth-order valence-electron chi connectivity index (χ4n) is 4.14.